The largest absolute Gasteiger partial charge is 0.309 e. The first-order valence-corrected chi connectivity index (χ1v) is 10.6. The Morgan fingerprint density at radius 2 is 1.90 bits per heavy atom. The van der Waals surface area contributed by atoms with Gasteiger partial charge in [-0.15, -0.1) is 0 Å². The highest BCUT2D eigenvalue weighted by Gasteiger charge is 2.69. The first-order chi connectivity index (χ1) is 14.8. The van der Waals surface area contributed by atoms with Crippen molar-refractivity contribution in [2.24, 2.45) is 5.41 Å². The van der Waals surface area contributed by atoms with Crippen LogP contribution in [0, 0.1) is 33.9 Å². The lowest BCUT2D eigenvalue weighted by atomic mass is 9.67. The zero-order chi connectivity index (χ0) is 22.1. The van der Waals surface area contributed by atoms with Crippen LogP contribution in [0.15, 0.2) is 18.2 Å². The second kappa shape index (κ2) is 6.34. The Bertz CT molecular complexity index is 1220. The SMILES string of the molecule is C[C@@H]1CCc2cc(F)ccc2N1C(=O)[C@@]12CC[C@@H](c3nc(C#N)c(C#N)nc31)C2(C)C. The highest BCUT2D eigenvalue weighted by Crippen LogP contribution is 2.67. The molecule has 2 heterocycles. The number of hydrogen-bond acceptors (Lipinski definition) is 5. The Kier molecular flexibility index (Phi) is 4.02. The molecule has 1 amide bonds. The summed E-state index contributed by atoms with van der Waals surface area (Å²) in [6, 6.07) is 8.49. The first-order valence-electron chi connectivity index (χ1n) is 10.6. The van der Waals surface area contributed by atoms with Gasteiger partial charge in [0.2, 0.25) is 5.91 Å². The number of nitriles is 2. The van der Waals surface area contributed by atoms with Gasteiger partial charge in [0.25, 0.3) is 0 Å². The van der Waals surface area contributed by atoms with Gasteiger partial charge in [0.05, 0.1) is 16.8 Å². The average molecular weight is 415 g/mol. The Balaban J connectivity index is 1.72. The van der Waals surface area contributed by atoms with E-state index in [9.17, 15) is 19.7 Å². The minimum Gasteiger partial charge on any atom is -0.309 e. The van der Waals surface area contributed by atoms with E-state index in [4.69, 9.17) is 0 Å². The van der Waals surface area contributed by atoms with Crippen molar-refractivity contribution in [2.75, 3.05) is 4.90 Å². The van der Waals surface area contributed by atoms with Crippen LogP contribution in [0.2, 0.25) is 0 Å². The summed E-state index contributed by atoms with van der Waals surface area (Å²) in [4.78, 5) is 25.2. The molecule has 7 heteroatoms. The molecule has 0 N–H and O–H groups in total. The number of nitrogens with zero attached hydrogens (tertiary/aromatic N) is 5. The fourth-order valence-corrected chi connectivity index (χ4v) is 6.12. The van der Waals surface area contributed by atoms with E-state index in [1.165, 1.54) is 12.1 Å². The van der Waals surface area contributed by atoms with E-state index >= 15 is 0 Å². The Hall–Kier alpha value is -3.32. The Labute approximate surface area is 180 Å². The molecule has 1 aromatic heterocycles. The van der Waals surface area contributed by atoms with Crippen LogP contribution in [-0.4, -0.2) is 21.9 Å². The molecule has 0 radical (unpaired) electrons. The first kappa shape index (κ1) is 19.6. The van der Waals surface area contributed by atoms with Crippen molar-refractivity contribution in [3.63, 3.8) is 0 Å². The van der Waals surface area contributed by atoms with E-state index in [0.717, 1.165) is 30.5 Å². The lowest BCUT2D eigenvalue weighted by Gasteiger charge is -2.44. The topological polar surface area (TPSA) is 93.7 Å². The van der Waals surface area contributed by atoms with Crippen LogP contribution in [0.3, 0.4) is 0 Å². The second-order valence-corrected chi connectivity index (χ2v) is 9.43. The summed E-state index contributed by atoms with van der Waals surface area (Å²) in [7, 11) is 0. The summed E-state index contributed by atoms with van der Waals surface area (Å²) < 4.78 is 13.9. The number of aryl methyl sites for hydroxylation is 1. The maximum atomic E-state index is 14.4. The van der Waals surface area contributed by atoms with Crippen molar-refractivity contribution in [1.29, 1.82) is 10.5 Å². The molecule has 1 aromatic carbocycles. The minimum atomic E-state index is -0.934. The predicted octanol–water partition coefficient (Wildman–Crippen LogP) is 3.88. The second-order valence-electron chi connectivity index (χ2n) is 9.43. The van der Waals surface area contributed by atoms with Gasteiger partial charge in [0, 0.05) is 17.6 Å². The summed E-state index contributed by atoms with van der Waals surface area (Å²) in [5, 5.41) is 18.9. The molecule has 6 nitrogen and oxygen atoms in total. The van der Waals surface area contributed by atoms with Gasteiger partial charge < -0.3 is 4.90 Å². The Morgan fingerprint density at radius 1 is 1.19 bits per heavy atom. The number of carbonyl (C=O) groups excluding carboxylic acids is 1. The number of amides is 1. The van der Waals surface area contributed by atoms with Crippen molar-refractivity contribution < 1.29 is 9.18 Å². The molecule has 1 aliphatic heterocycles. The van der Waals surface area contributed by atoms with Gasteiger partial charge >= 0.3 is 0 Å². The molecular formula is C24H22FN5O. The standard InChI is InChI=1S/C24H22FN5O/c1-13-4-5-14-10-15(25)6-7-19(14)30(13)22(31)24-9-8-16(23(24,2)3)20-21(24)29-18(12-27)17(11-26)28-20/h6-7,10,13,16H,4-5,8-9H2,1-3H3/t13-,16+,24-/m1/s1. The fourth-order valence-electron chi connectivity index (χ4n) is 6.12. The smallest absolute Gasteiger partial charge is 0.240 e. The monoisotopic (exact) mass is 415 g/mol. The average Bonchev–Trinajstić information content (AvgIpc) is 3.13. The van der Waals surface area contributed by atoms with Crippen molar-refractivity contribution >= 4 is 11.6 Å². The van der Waals surface area contributed by atoms with Crippen molar-refractivity contribution in [3.8, 4) is 12.1 Å². The number of anilines is 1. The van der Waals surface area contributed by atoms with E-state index in [0.29, 0.717) is 17.8 Å². The van der Waals surface area contributed by atoms with Crippen LogP contribution in [0.1, 0.15) is 74.3 Å². The maximum Gasteiger partial charge on any atom is 0.240 e. The molecule has 0 unspecified atom stereocenters. The molecule has 1 saturated carbocycles. The molecule has 5 rings (SSSR count). The summed E-state index contributed by atoms with van der Waals surface area (Å²) >= 11 is 0. The van der Waals surface area contributed by atoms with Crippen LogP contribution in [0.4, 0.5) is 10.1 Å². The third kappa shape index (κ3) is 2.32. The van der Waals surface area contributed by atoms with Gasteiger partial charge in [-0.1, -0.05) is 13.8 Å². The third-order valence-electron chi connectivity index (χ3n) is 7.81. The van der Waals surface area contributed by atoms with Crippen LogP contribution in [0.25, 0.3) is 0 Å². The molecule has 2 aliphatic carbocycles. The summed E-state index contributed by atoms with van der Waals surface area (Å²) in [5.74, 6) is -0.381. The number of fused-ring (bicyclic) bond motifs is 6. The number of rotatable bonds is 1. The van der Waals surface area contributed by atoms with Crippen molar-refractivity contribution in [1.82, 2.24) is 9.97 Å². The summed E-state index contributed by atoms with van der Waals surface area (Å²) in [5.41, 5.74) is 1.36. The number of benzene rings is 1. The molecule has 0 spiro atoms. The molecule has 2 aromatic rings. The number of hydrogen-bond donors (Lipinski definition) is 0. The van der Waals surface area contributed by atoms with Gasteiger partial charge in [-0.25, -0.2) is 14.4 Å². The van der Waals surface area contributed by atoms with Crippen molar-refractivity contribution in [3.05, 3.63) is 52.4 Å². The van der Waals surface area contributed by atoms with Gasteiger partial charge in [-0.05, 0) is 61.8 Å². The Morgan fingerprint density at radius 3 is 2.61 bits per heavy atom. The lowest BCUT2D eigenvalue weighted by molar-refractivity contribution is -0.127. The van der Waals surface area contributed by atoms with E-state index in [-0.39, 0.29) is 35.1 Å². The number of aromatic nitrogens is 2. The number of halogens is 1. The number of carbonyl (C=O) groups is 1. The zero-order valence-electron chi connectivity index (χ0n) is 17.7. The van der Waals surface area contributed by atoms with E-state index < -0.39 is 10.8 Å². The summed E-state index contributed by atoms with van der Waals surface area (Å²) in [6.07, 6.45) is 2.85. The van der Waals surface area contributed by atoms with Gasteiger partial charge in [0.1, 0.15) is 18.0 Å². The van der Waals surface area contributed by atoms with Crippen LogP contribution in [-0.2, 0) is 16.6 Å². The van der Waals surface area contributed by atoms with Crippen LogP contribution >= 0.6 is 0 Å². The molecule has 31 heavy (non-hydrogen) atoms. The fraction of sp³-hybridized carbons (Fsp3) is 0.458. The van der Waals surface area contributed by atoms with Crippen molar-refractivity contribution in [2.45, 2.75) is 63.8 Å². The highest BCUT2D eigenvalue weighted by atomic mass is 19.1. The molecule has 1 fully saturated rings. The highest BCUT2D eigenvalue weighted by molar-refractivity contribution is 6.04. The van der Waals surface area contributed by atoms with Crippen LogP contribution < -0.4 is 4.90 Å². The normalized spacial score (nSPS) is 27.2. The molecule has 0 saturated heterocycles. The summed E-state index contributed by atoms with van der Waals surface area (Å²) in [6.45, 7) is 6.13. The van der Waals surface area contributed by atoms with Crippen LogP contribution in [0.5, 0.6) is 0 Å². The lowest BCUT2D eigenvalue weighted by Crippen LogP contribution is -2.55. The molecular weight excluding hydrogens is 393 g/mol. The van der Waals surface area contributed by atoms with E-state index in [1.807, 2.05) is 24.0 Å². The van der Waals surface area contributed by atoms with Gasteiger partial charge in [-0.2, -0.15) is 10.5 Å². The van der Waals surface area contributed by atoms with Gasteiger partial charge in [0.15, 0.2) is 11.4 Å². The third-order valence-corrected chi connectivity index (χ3v) is 7.81. The quantitative estimate of drug-likeness (QED) is 0.704. The maximum absolute atomic E-state index is 14.4. The molecule has 3 atom stereocenters. The van der Waals surface area contributed by atoms with Gasteiger partial charge in [-0.3, -0.25) is 4.79 Å². The zero-order valence-corrected chi connectivity index (χ0v) is 17.7. The molecule has 156 valence electrons. The minimum absolute atomic E-state index is 0.00780. The molecule has 2 bridgehead atoms. The predicted molar refractivity (Wildman–Crippen MR) is 111 cm³/mol. The van der Waals surface area contributed by atoms with E-state index in [2.05, 4.69) is 23.8 Å². The molecule has 3 aliphatic rings. The van der Waals surface area contributed by atoms with E-state index in [1.54, 1.807) is 6.07 Å².